The summed E-state index contributed by atoms with van der Waals surface area (Å²) in [7, 11) is 3.75. The van der Waals surface area contributed by atoms with Crippen LogP contribution in [0.4, 0.5) is 4.39 Å². The molecule has 144 valence electrons. The second kappa shape index (κ2) is 8.93. The number of nitrogens with one attached hydrogen (secondary N) is 1. The lowest BCUT2D eigenvalue weighted by Crippen LogP contribution is -2.50. The van der Waals surface area contributed by atoms with E-state index >= 15 is 0 Å². The fourth-order valence-electron chi connectivity index (χ4n) is 4.07. The van der Waals surface area contributed by atoms with Gasteiger partial charge in [-0.3, -0.25) is 9.69 Å². The van der Waals surface area contributed by atoms with Gasteiger partial charge in [0.05, 0.1) is 0 Å². The minimum absolute atomic E-state index is 0.00822. The number of carbonyl (C=O) groups excluding carboxylic acids is 1. The lowest BCUT2D eigenvalue weighted by Gasteiger charge is -2.39. The number of amides is 1. The summed E-state index contributed by atoms with van der Waals surface area (Å²) in [5.41, 5.74) is 0.813. The number of nitrogens with zero attached hydrogens (tertiary/aromatic N) is 2. The van der Waals surface area contributed by atoms with Crippen LogP contribution in [0.2, 0.25) is 0 Å². The van der Waals surface area contributed by atoms with Gasteiger partial charge in [-0.15, -0.1) is 0 Å². The first-order valence-corrected chi connectivity index (χ1v) is 9.58. The zero-order chi connectivity index (χ0) is 18.5. The summed E-state index contributed by atoms with van der Waals surface area (Å²) >= 11 is 0. The SMILES string of the molecule is CN(C)[C@@H](C(=O)NC1CCN(C2CCOCC2)CC1)c1ccc(F)cc1. The molecule has 2 fully saturated rings. The van der Waals surface area contributed by atoms with E-state index in [-0.39, 0.29) is 17.8 Å². The quantitative estimate of drug-likeness (QED) is 0.871. The Balaban J connectivity index is 1.54. The summed E-state index contributed by atoms with van der Waals surface area (Å²) in [6.07, 6.45) is 4.19. The molecule has 0 spiro atoms. The predicted octanol–water partition coefficient (Wildman–Crippen LogP) is 2.19. The summed E-state index contributed by atoms with van der Waals surface area (Å²) < 4.78 is 18.6. The van der Waals surface area contributed by atoms with Crippen molar-refractivity contribution in [1.29, 1.82) is 0 Å². The topological polar surface area (TPSA) is 44.8 Å². The summed E-state index contributed by atoms with van der Waals surface area (Å²) in [4.78, 5) is 17.3. The molecule has 3 rings (SSSR count). The average molecular weight is 363 g/mol. The minimum Gasteiger partial charge on any atom is -0.381 e. The highest BCUT2D eigenvalue weighted by Gasteiger charge is 2.29. The highest BCUT2D eigenvalue weighted by atomic mass is 19.1. The number of rotatable bonds is 5. The van der Waals surface area contributed by atoms with E-state index in [9.17, 15) is 9.18 Å². The Bertz CT molecular complexity index is 579. The molecule has 0 bridgehead atoms. The molecule has 6 heteroatoms. The largest absolute Gasteiger partial charge is 0.381 e. The average Bonchev–Trinajstić information content (AvgIpc) is 2.64. The molecule has 1 aromatic carbocycles. The standard InChI is InChI=1S/C20H30FN3O2/c1-23(2)19(15-3-5-16(21)6-4-15)20(25)22-17-7-11-24(12-8-17)18-9-13-26-14-10-18/h3-6,17-19H,7-14H2,1-2H3,(H,22,25)/t19-/m1/s1. The molecule has 0 aliphatic carbocycles. The van der Waals surface area contributed by atoms with Gasteiger partial charge in [-0.05, 0) is 57.5 Å². The van der Waals surface area contributed by atoms with E-state index in [1.807, 2.05) is 19.0 Å². The van der Waals surface area contributed by atoms with Gasteiger partial charge in [0.1, 0.15) is 11.9 Å². The third kappa shape index (κ3) is 4.81. The number of hydrogen-bond acceptors (Lipinski definition) is 4. The van der Waals surface area contributed by atoms with Crippen LogP contribution in [0.25, 0.3) is 0 Å². The van der Waals surface area contributed by atoms with Gasteiger partial charge in [0, 0.05) is 38.4 Å². The van der Waals surface area contributed by atoms with Gasteiger partial charge in [0.25, 0.3) is 0 Å². The Labute approximate surface area is 155 Å². The third-order valence-electron chi connectivity index (χ3n) is 5.53. The van der Waals surface area contributed by atoms with Crippen molar-refractivity contribution in [2.24, 2.45) is 0 Å². The predicted molar refractivity (Wildman–Crippen MR) is 99.4 cm³/mol. The lowest BCUT2D eigenvalue weighted by atomic mass is 9.98. The van der Waals surface area contributed by atoms with Crippen LogP contribution in [-0.4, -0.2) is 68.2 Å². The minimum atomic E-state index is -0.399. The smallest absolute Gasteiger partial charge is 0.242 e. The fourth-order valence-corrected chi connectivity index (χ4v) is 4.07. The lowest BCUT2D eigenvalue weighted by molar-refractivity contribution is -0.126. The van der Waals surface area contributed by atoms with Crippen molar-refractivity contribution in [1.82, 2.24) is 15.1 Å². The molecule has 2 saturated heterocycles. The monoisotopic (exact) mass is 363 g/mol. The molecule has 2 aliphatic rings. The normalized spacial score (nSPS) is 21.7. The van der Waals surface area contributed by atoms with Gasteiger partial charge >= 0.3 is 0 Å². The first kappa shape index (κ1) is 19.3. The van der Waals surface area contributed by atoms with Gasteiger partial charge in [-0.2, -0.15) is 0 Å². The summed E-state index contributed by atoms with van der Waals surface area (Å²) in [5.74, 6) is -0.293. The molecule has 2 aliphatic heterocycles. The number of benzene rings is 1. The molecule has 1 N–H and O–H groups in total. The maximum absolute atomic E-state index is 13.2. The van der Waals surface area contributed by atoms with Crippen LogP contribution in [-0.2, 0) is 9.53 Å². The highest BCUT2D eigenvalue weighted by molar-refractivity contribution is 5.83. The maximum Gasteiger partial charge on any atom is 0.242 e. The first-order chi connectivity index (χ1) is 12.5. The molecule has 5 nitrogen and oxygen atoms in total. The van der Waals surface area contributed by atoms with Crippen molar-refractivity contribution in [3.05, 3.63) is 35.6 Å². The van der Waals surface area contributed by atoms with E-state index in [1.165, 1.54) is 12.1 Å². The van der Waals surface area contributed by atoms with Gasteiger partial charge in [-0.1, -0.05) is 12.1 Å². The molecule has 26 heavy (non-hydrogen) atoms. The van der Waals surface area contributed by atoms with Crippen LogP contribution in [0, 0.1) is 5.82 Å². The number of hydrogen-bond donors (Lipinski definition) is 1. The van der Waals surface area contributed by atoms with E-state index in [0.29, 0.717) is 6.04 Å². The number of piperidine rings is 1. The number of likely N-dealkylation sites (tertiary alicyclic amines) is 1. The van der Waals surface area contributed by atoms with Gasteiger partial charge in [0.2, 0.25) is 5.91 Å². The summed E-state index contributed by atoms with van der Waals surface area (Å²) in [6.45, 7) is 3.78. The second-order valence-electron chi connectivity index (χ2n) is 7.58. The van der Waals surface area contributed by atoms with Crippen LogP contribution < -0.4 is 5.32 Å². The molecule has 1 atom stereocenters. The number of halogens is 1. The Hall–Kier alpha value is -1.50. The van der Waals surface area contributed by atoms with Crippen molar-refractivity contribution < 1.29 is 13.9 Å². The Morgan fingerprint density at radius 1 is 1.15 bits per heavy atom. The van der Waals surface area contributed by atoms with Crippen molar-refractivity contribution in [2.45, 2.75) is 43.8 Å². The van der Waals surface area contributed by atoms with E-state index in [1.54, 1.807) is 12.1 Å². The Kier molecular flexibility index (Phi) is 6.62. The van der Waals surface area contributed by atoms with Crippen molar-refractivity contribution in [3.8, 4) is 0 Å². The van der Waals surface area contributed by atoms with Crippen LogP contribution in [0.1, 0.15) is 37.3 Å². The fraction of sp³-hybridized carbons (Fsp3) is 0.650. The van der Waals surface area contributed by atoms with Crippen LogP contribution >= 0.6 is 0 Å². The molecule has 1 aromatic rings. The maximum atomic E-state index is 13.2. The van der Waals surface area contributed by atoms with E-state index in [2.05, 4.69) is 10.2 Å². The van der Waals surface area contributed by atoms with Gasteiger partial charge in [0.15, 0.2) is 0 Å². The zero-order valence-corrected chi connectivity index (χ0v) is 15.8. The molecule has 0 radical (unpaired) electrons. The zero-order valence-electron chi connectivity index (χ0n) is 15.8. The van der Waals surface area contributed by atoms with Crippen LogP contribution in [0.5, 0.6) is 0 Å². The van der Waals surface area contributed by atoms with Gasteiger partial charge in [-0.25, -0.2) is 4.39 Å². The molecule has 2 heterocycles. The van der Waals surface area contributed by atoms with E-state index in [0.717, 1.165) is 57.6 Å². The molecule has 0 saturated carbocycles. The van der Waals surface area contributed by atoms with Crippen molar-refractivity contribution in [2.75, 3.05) is 40.4 Å². The van der Waals surface area contributed by atoms with Crippen LogP contribution in [0.15, 0.2) is 24.3 Å². The van der Waals surface area contributed by atoms with Crippen LogP contribution in [0.3, 0.4) is 0 Å². The molecule has 0 unspecified atom stereocenters. The van der Waals surface area contributed by atoms with Gasteiger partial charge < -0.3 is 15.0 Å². The number of likely N-dealkylation sites (N-methyl/N-ethyl adjacent to an activating group) is 1. The van der Waals surface area contributed by atoms with Crippen molar-refractivity contribution in [3.63, 3.8) is 0 Å². The molecular formula is C20H30FN3O2. The molecule has 0 aromatic heterocycles. The van der Waals surface area contributed by atoms with E-state index in [4.69, 9.17) is 4.74 Å². The molecular weight excluding hydrogens is 333 g/mol. The summed E-state index contributed by atoms with van der Waals surface area (Å²) in [6, 6.07) is 6.64. The number of ether oxygens (including phenoxy) is 1. The van der Waals surface area contributed by atoms with Crippen molar-refractivity contribution >= 4 is 5.91 Å². The third-order valence-corrected chi connectivity index (χ3v) is 5.53. The second-order valence-corrected chi connectivity index (χ2v) is 7.58. The summed E-state index contributed by atoms with van der Waals surface area (Å²) in [5, 5.41) is 3.21. The first-order valence-electron chi connectivity index (χ1n) is 9.58. The number of carbonyl (C=O) groups is 1. The van der Waals surface area contributed by atoms with E-state index < -0.39 is 6.04 Å². The molecule has 1 amide bonds. The Morgan fingerprint density at radius 2 is 1.77 bits per heavy atom. The Morgan fingerprint density at radius 3 is 2.35 bits per heavy atom. The highest BCUT2D eigenvalue weighted by Crippen LogP contribution is 2.22.